The first-order valence-corrected chi connectivity index (χ1v) is 22.9. The highest BCUT2D eigenvalue weighted by atomic mass is 31.2. The lowest BCUT2D eigenvalue weighted by Crippen LogP contribution is -2.50. The second-order valence-electron chi connectivity index (χ2n) is 15.9. The number of phosphoric acid groups is 1. The van der Waals surface area contributed by atoms with E-state index in [2.05, 4.69) is 26.0 Å². The van der Waals surface area contributed by atoms with E-state index in [1.54, 1.807) is 0 Å². The van der Waals surface area contributed by atoms with Gasteiger partial charge in [0.15, 0.2) is 0 Å². The van der Waals surface area contributed by atoms with Crippen LogP contribution in [0.5, 0.6) is 0 Å². The number of allylic oxidation sites excluding steroid dienone is 2. The van der Waals surface area contributed by atoms with E-state index >= 15 is 0 Å². The van der Waals surface area contributed by atoms with Gasteiger partial charge in [-0.1, -0.05) is 154 Å². The highest BCUT2D eigenvalue weighted by Gasteiger charge is 2.32. The number of unbranched alkanes of at least 4 members (excludes halogenated alkanes) is 23. The molecule has 0 aromatic heterocycles. The Kier molecular flexibility index (Phi) is 33.4. The minimum atomic E-state index is -4.67. The molecule has 0 radical (unpaired) electrons. The first-order chi connectivity index (χ1) is 24.9. The summed E-state index contributed by atoms with van der Waals surface area (Å²) in [6.07, 6.45) is 36.1. The molecule has 2 atom stereocenters. The number of esters is 2. The van der Waals surface area contributed by atoms with Gasteiger partial charge >= 0.3 is 19.8 Å². The molecule has 0 aliphatic carbocycles. The van der Waals surface area contributed by atoms with E-state index in [4.69, 9.17) is 14.0 Å². The van der Waals surface area contributed by atoms with Gasteiger partial charge in [0.25, 0.3) is 0 Å². The first kappa shape index (κ1) is 50.8. The summed E-state index contributed by atoms with van der Waals surface area (Å²) in [7, 11) is 0.991. The molecule has 0 bridgehead atoms. The molecule has 0 aromatic rings. The molecule has 0 aliphatic heterocycles. The topological polar surface area (TPSA) is 119 Å². The van der Waals surface area contributed by atoms with Gasteiger partial charge in [-0.25, -0.2) is 4.57 Å². The van der Waals surface area contributed by atoms with Gasteiger partial charge in [-0.2, -0.15) is 0 Å². The fourth-order valence-electron chi connectivity index (χ4n) is 6.37. The van der Waals surface area contributed by atoms with Crippen molar-refractivity contribution < 1.29 is 42.4 Å². The Balaban J connectivity index is 4.52. The fourth-order valence-corrected chi connectivity index (χ4v) is 6.74. The van der Waals surface area contributed by atoms with Crippen LogP contribution in [0.2, 0.25) is 0 Å². The SMILES string of the molecule is CCCCCCCC/C=C\CCCCCCCC(=O)OC(COC(=O)CCCCCCCCCCCCCCC)CC(COP(=O)(O)O)[N+](C)(C)C. The maximum atomic E-state index is 12.9. The molecule has 0 fully saturated rings. The van der Waals surface area contributed by atoms with Crippen molar-refractivity contribution >= 4 is 19.8 Å². The van der Waals surface area contributed by atoms with Crippen LogP contribution in [0.15, 0.2) is 12.2 Å². The highest BCUT2D eigenvalue weighted by Crippen LogP contribution is 2.36. The van der Waals surface area contributed by atoms with E-state index in [0.717, 1.165) is 57.8 Å². The third-order valence-electron chi connectivity index (χ3n) is 9.92. The Morgan fingerprint density at radius 3 is 1.37 bits per heavy atom. The van der Waals surface area contributed by atoms with Gasteiger partial charge < -0.3 is 23.7 Å². The number of likely N-dealkylation sites (N-methyl/N-ethyl adjacent to an activating group) is 1. The Hall–Kier alpha value is -1.25. The minimum Gasteiger partial charge on any atom is -0.462 e. The van der Waals surface area contributed by atoms with Crippen molar-refractivity contribution in [2.45, 2.75) is 212 Å². The Morgan fingerprint density at radius 2 is 0.962 bits per heavy atom. The number of nitrogens with zero attached hydrogens (tertiary/aromatic N) is 1. The summed E-state index contributed by atoms with van der Waals surface area (Å²) in [6, 6.07) is -0.398. The summed E-state index contributed by atoms with van der Waals surface area (Å²) in [5, 5.41) is 0. The molecule has 308 valence electrons. The van der Waals surface area contributed by atoms with Crippen LogP contribution in [0.25, 0.3) is 0 Å². The largest absolute Gasteiger partial charge is 0.469 e. The van der Waals surface area contributed by atoms with Gasteiger partial charge in [0, 0.05) is 19.3 Å². The van der Waals surface area contributed by atoms with Crippen molar-refractivity contribution in [3.63, 3.8) is 0 Å². The van der Waals surface area contributed by atoms with E-state index in [1.807, 2.05) is 21.1 Å². The zero-order valence-electron chi connectivity index (χ0n) is 34.5. The van der Waals surface area contributed by atoms with Crippen LogP contribution < -0.4 is 0 Å². The monoisotopic (exact) mass is 761 g/mol. The van der Waals surface area contributed by atoms with Crippen molar-refractivity contribution in [2.75, 3.05) is 34.4 Å². The second-order valence-corrected chi connectivity index (χ2v) is 17.2. The van der Waals surface area contributed by atoms with Crippen LogP contribution >= 0.6 is 7.82 Å². The van der Waals surface area contributed by atoms with Crippen LogP contribution in [0.3, 0.4) is 0 Å². The van der Waals surface area contributed by atoms with E-state index in [1.165, 1.54) is 109 Å². The lowest BCUT2D eigenvalue weighted by Gasteiger charge is -2.35. The van der Waals surface area contributed by atoms with E-state index in [0.29, 0.717) is 10.9 Å². The van der Waals surface area contributed by atoms with E-state index < -0.39 is 20.0 Å². The van der Waals surface area contributed by atoms with E-state index in [-0.39, 0.29) is 38.0 Å². The Labute approximate surface area is 320 Å². The number of rotatable bonds is 38. The van der Waals surface area contributed by atoms with Crippen LogP contribution in [-0.2, 0) is 28.2 Å². The van der Waals surface area contributed by atoms with Gasteiger partial charge in [-0.15, -0.1) is 0 Å². The summed E-state index contributed by atoms with van der Waals surface area (Å²) < 4.78 is 28.0. The van der Waals surface area contributed by atoms with Crippen molar-refractivity contribution in [3.8, 4) is 0 Å². The predicted octanol–water partition coefficient (Wildman–Crippen LogP) is 11.5. The second kappa shape index (κ2) is 34.3. The number of carbonyl (C=O) groups is 2. The van der Waals surface area contributed by atoms with Gasteiger partial charge in [-0.05, 0) is 38.5 Å². The lowest BCUT2D eigenvalue weighted by atomic mass is 10.0. The molecule has 0 spiro atoms. The van der Waals surface area contributed by atoms with Gasteiger partial charge in [-0.3, -0.25) is 14.1 Å². The van der Waals surface area contributed by atoms with Gasteiger partial charge in [0.1, 0.15) is 25.4 Å². The van der Waals surface area contributed by atoms with Crippen LogP contribution in [-0.4, -0.2) is 72.7 Å². The summed E-state index contributed by atoms with van der Waals surface area (Å²) >= 11 is 0. The quantitative estimate of drug-likeness (QED) is 0.0210. The molecule has 2 unspecified atom stereocenters. The van der Waals surface area contributed by atoms with Gasteiger partial charge in [0.2, 0.25) is 0 Å². The fraction of sp³-hybridized carbons (Fsp3) is 0.905. The molecular weight excluding hydrogens is 677 g/mol. The number of phosphoric ester groups is 1. The lowest BCUT2D eigenvalue weighted by molar-refractivity contribution is -0.897. The number of quaternary nitrogens is 1. The normalized spacial score (nSPS) is 13.4. The molecule has 9 nitrogen and oxygen atoms in total. The summed E-state index contributed by atoms with van der Waals surface area (Å²) in [4.78, 5) is 44.0. The maximum Gasteiger partial charge on any atom is 0.469 e. The van der Waals surface area contributed by atoms with Crippen LogP contribution in [0, 0.1) is 0 Å². The Bertz CT molecular complexity index is 916. The summed E-state index contributed by atoms with van der Waals surface area (Å²) in [5.74, 6) is -0.652. The molecule has 52 heavy (non-hydrogen) atoms. The molecule has 0 heterocycles. The van der Waals surface area contributed by atoms with Crippen molar-refractivity contribution in [1.82, 2.24) is 0 Å². The number of ether oxygens (including phenoxy) is 2. The van der Waals surface area contributed by atoms with Gasteiger partial charge in [0.05, 0.1) is 21.1 Å². The third kappa shape index (κ3) is 35.8. The zero-order valence-corrected chi connectivity index (χ0v) is 35.4. The van der Waals surface area contributed by atoms with Crippen molar-refractivity contribution in [2.24, 2.45) is 0 Å². The smallest absolute Gasteiger partial charge is 0.462 e. The molecule has 0 rings (SSSR count). The number of hydrogen-bond acceptors (Lipinski definition) is 6. The zero-order chi connectivity index (χ0) is 38.8. The van der Waals surface area contributed by atoms with Crippen molar-refractivity contribution in [3.05, 3.63) is 12.2 Å². The van der Waals surface area contributed by atoms with E-state index in [9.17, 15) is 23.9 Å². The number of hydrogen-bond donors (Lipinski definition) is 2. The standard InChI is InChI=1S/C42H82NO8P/c1-6-8-10-12-14-16-18-20-21-23-25-27-29-31-33-35-42(45)51-40(36-39(43(3,4)5)37-50-52(46,47)48)38-49-41(44)34-32-30-28-26-24-22-19-17-15-13-11-9-7-2/h20-21,39-40H,6-19,22-38H2,1-5H3,(H-,46,47,48)/p+1/b21-20-. The highest BCUT2D eigenvalue weighted by molar-refractivity contribution is 7.46. The summed E-state index contributed by atoms with van der Waals surface area (Å²) in [5.41, 5.74) is 0. The van der Waals surface area contributed by atoms with Crippen LogP contribution in [0.4, 0.5) is 0 Å². The summed E-state index contributed by atoms with van der Waals surface area (Å²) in [6.45, 7) is 4.20. The molecular formula is C42H83NO8P+. The molecule has 0 aliphatic rings. The molecule has 0 aromatic carbocycles. The van der Waals surface area contributed by atoms with Crippen LogP contribution in [0.1, 0.15) is 200 Å². The average molecular weight is 761 g/mol. The molecule has 10 heteroatoms. The molecule has 0 saturated carbocycles. The van der Waals surface area contributed by atoms with Crippen molar-refractivity contribution in [1.29, 1.82) is 0 Å². The first-order valence-electron chi connectivity index (χ1n) is 21.4. The third-order valence-corrected chi connectivity index (χ3v) is 10.4. The minimum absolute atomic E-state index is 0.0815. The maximum absolute atomic E-state index is 12.9. The molecule has 0 amide bonds. The number of carbonyl (C=O) groups excluding carboxylic acids is 2. The Morgan fingerprint density at radius 1 is 0.577 bits per heavy atom. The molecule has 2 N–H and O–H groups in total. The predicted molar refractivity (Wildman–Crippen MR) is 215 cm³/mol. The average Bonchev–Trinajstić information content (AvgIpc) is 3.08. The molecule has 0 saturated heterocycles.